The van der Waals surface area contributed by atoms with Gasteiger partial charge in [-0.1, -0.05) is 61.5 Å². The quantitative estimate of drug-likeness (QED) is 0.0618. The van der Waals surface area contributed by atoms with Crippen LogP contribution in [0, 0.1) is 90.0 Å². The highest BCUT2D eigenvalue weighted by atomic mass is 32.1. The van der Waals surface area contributed by atoms with E-state index in [-0.39, 0.29) is 5.69 Å². The Labute approximate surface area is 387 Å². The van der Waals surface area contributed by atoms with Gasteiger partial charge in [0.15, 0.2) is 0 Å². The van der Waals surface area contributed by atoms with E-state index in [0.717, 1.165) is 39.7 Å². The zero-order valence-corrected chi connectivity index (χ0v) is 42.8. The van der Waals surface area contributed by atoms with Gasteiger partial charge in [-0.05, 0) is 162 Å². The van der Waals surface area contributed by atoms with Gasteiger partial charge in [-0.25, -0.2) is 15.0 Å². The van der Waals surface area contributed by atoms with Gasteiger partial charge >= 0.3 is 5.69 Å². The Morgan fingerprint density at radius 3 is 1.56 bits per heavy atom. The Kier molecular flexibility index (Phi) is 16.5. The number of rotatable bonds is 10. The van der Waals surface area contributed by atoms with E-state index < -0.39 is 0 Å². The normalized spacial score (nSPS) is 11.3. The predicted octanol–water partition coefficient (Wildman–Crippen LogP) is 14.1. The van der Waals surface area contributed by atoms with E-state index in [4.69, 9.17) is 5.26 Å². The van der Waals surface area contributed by atoms with Crippen molar-refractivity contribution in [2.45, 2.75) is 123 Å². The summed E-state index contributed by atoms with van der Waals surface area (Å²) in [5.41, 5.74) is 18.7. The van der Waals surface area contributed by atoms with Crippen molar-refractivity contribution < 1.29 is 10.1 Å². The van der Waals surface area contributed by atoms with Crippen LogP contribution >= 0.6 is 34.0 Å². The summed E-state index contributed by atoms with van der Waals surface area (Å²) in [5, 5.41) is 11.5. The van der Waals surface area contributed by atoms with E-state index in [1.54, 1.807) is 22.7 Å². The lowest BCUT2D eigenvalue weighted by Gasteiger charge is -2.19. The number of aryl methyl sites for hydroxylation is 10. The minimum Gasteiger partial charge on any atom is -0.362 e. The molecule has 0 radical (unpaired) electrons. The molecule has 7 aromatic rings. The number of hydrogen-bond donors (Lipinski definition) is 2. The molecule has 0 saturated heterocycles. The van der Waals surface area contributed by atoms with Crippen molar-refractivity contribution >= 4 is 65.9 Å². The van der Waals surface area contributed by atoms with Gasteiger partial charge in [-0.15, -0.1) is 34.0 Å². The molecule has 0 aliphatic carbocycles. The zero-order valence-electron chi connectivity index (χ0n) is 40.3. The van der Waals surface area contributed by atoms with E-state index in [2.05, 4.69) is 183 Å². The van der Waals surface area contributed by atoms with E-state index in [9.17, 15) is 4.79 Å². The molecule has 336 valence electrons. The number of imidazole rings is 1. The van der Waals surface area contributed by atoms with Gasteiger partial charge in [0.2, 0.25) is 5.90 Å². The number of thiophene rings is 3. The van der Waals surface area contributed by atoms with Crippen LogP contribution in [0.3, 0.4) is 0 Å². The predicted molar refractivity (Wildman–Crippen MR) is 274 cm³/mol. The topological polar surface area (TPSA) is 86.1 Å². The number of aliphatic imine (C=N–C) groups is 1. The van der Waals surface area contributed by atoms with Crippen molar-refractivity contribution in [1.29, 1.82) is 0 Å². The molecule has 4 aromatic heterocycles. The minimum absolute atomic E-state index is 0.0208. The molecule has 11 heteroatoms. The zero-order chi connectivity index (χ0) is 46.4. The number of H-pyrrole nitrogens is 1. The molecule has 63 heavy (non-hydrogen) atoms. The molecule has 0 amide bonds. The first kappa shape index (κ1) is 49.1. The number of anilines is 2. The summed E-state index contributed by atoms with van der Waals surface area (Å²) in [5.74, 6) is 0.330. The molecule has 2 N–H and O–H groups in total. The van der Waals surface area contributed by atoms with Crippen molar-refractivity contribution in [3.05, 3.63) is 152 Å². The molecule has 0 aliphatic rings. The monoisotopic (exact) mass is 905 g/mol. The first-order valence-electron chi connectivity index (χ1n) is 21.6. The van der Waals surface area contributed by atoms with Gasteiger partial charge in [0.25, 0.3) is 0 Å². The molecule has 0 unspecified atom stereocenters. The largest absolute Gasteiger partial charge is 0.362 e. The number of hydrogen-bond acceptors (Lipinski definition) is 9. The highest BCUT2D eigenvalue weighted by Gasteiger charge is 2.18. The first-order valence-corrected chi connectivity index (χ1v) is 24.0. The fourth-order valence-corrected chi connectivity index (χ4v) is 10.6. The number of nitrogens with zero attached hydrogens (tertiary/aromatic N) is 4. The third-order valence-corrected chi connectivity index (χ3v) is 16.3. The smallest absolute Gasteiger partial charge is 0.327 e. The molecular formula is C52H67N5O3S3. The second-order valence-corrected chi connectivity index (χ2v) is 20.7. The van der Waals surface area contributed by atoms with Crippen LogP contribution in [-0.2, 0) is 24.5 Å². The highest BCUT2D eigenvalue weighted by Crippen LogP contribution is 2.42. The molecule has 0 fully saturated rings. The summed E-state index contributed by atoms with van der Waals surface area (Å²) >= 11 is 5.31. The van der Waals surface area contributed by atoms with Crippen LogP contribution in [0.25, 0.3) is 10.3 Å². The molecular weight excluding hydrogens is 839 g/mol. The first-order chi connectivity index (χ1) is 29.7. The van der Waals surface area contributed by atoms with Gasteiger partial charge < -0.3 is 19.7 Å². The Hall–Kier alpha value is -4.94. The van der Waals surface area contributed by atoms with Crippen LogP contribution in [0.5, 0.6) is 0 Å². The number of benzene rings is 3. The van der Waals surface area contributed by atoms with E-state index >= 15 is 0 Å². The summed E-state index contributed by atoms with van der Waals surface area (Å²) < 4.78 is 1.84. The molecule has 0 spiro atoms. The molecule has 8 nitrogen and oxygen atoms in total. The molecule has 0 aliphatic heterocycles. The Morgan fingerprint density at radius 2 is 1.08 bits per heavy atom. The summed E-state index contributed by atoms with van der Waals surface area (Å²) in [4.78, 5) is 33.6. The molecule has 0 bridgehead atoms. The standard InChI is InChI=1S/C19H26N2O2S.C17H23NS.C16H18N2OS/c1-7-17(23-22)20-18-14(4)15(5)24-19(18)21(6)11-16-9-8-12(2)13(3)10-16;1-11-7-8-16(9-12(11)2)10-18(6)17-14(4)13(3)15(5)19-17;1-9-5-6-13(7-10(9)2)8-18-15-14(17-16(18)19)11(3)12(4)20-15/h8-10,22H,7,11H2,1-6H3;7-9H,10H2,1-6H3;5-7H,8H2,1-4H3,(H,17,19). The van der Waals surface area contributed by atoms with E-state index in [1.807, 2.05) is 22.8 Å². The van der Waals surface area contributed by atoms with Crippen LogP contribution < -0.4 is 15.5 Å². The highest BCUT2D eigenvalue weighted by molar-refractivity contribution is 7.18. The van der Waals surface area contributed by atoms with Gasteiger partial charge in [0.05, 0.1) is 17.1 Å². The number of aromatic nitrogens is 2. The maximum Gasteiger partial charge on any atom is 0.327 e. The van der Waals surface area contributed by atoms with Crippen molar-refractivity contribution in [3.63, 3.8) is 0 Å². The lowest BCUT2D eigenvalue weighted by atomic mass is 10.1. The molecule has 7 rings (SSSR count). The molecule has 0 saturated carbocycles. The molecule has 3 aromatic carbocycles. The van der Waals surface area contributed by atoms with Gasteiger partial charge in [0, 0.05) is 48.2 Å². The fourth-order valence-electron chi connectivity index (χ4n) is 7.30. The summed E-state index contributed by atoms with van der Waals surface area (Å²) in [7, 11) is 4.26. The van der Waals surface area contributed by atoms with Gasteiger partial charge in [0.1, 0.15) is 15.5 Å². The van der Waals surface area contributed by atoms with Crippen molar-refractivity contribution in [2.24, 2.45) is 4.99 Å². The Bertz CT molecular complexity index is 2790. The summed E-state index contributed by atoms with van der Waals surface area (Å²) in [6, 6.07) is 19.7. The Balaban J connectivity index is 0.000000179. The van der Waals surface area contributed by atoms with Crippen LogP contribution in [-0.4, -0.2) is 34.8 Å². The second-order valence-electron chi connectivity index (χ2n) is 17.0. The summed E-state index contributed by atoms with van der Waals surface area (Å²) in [6.07, 6.45) is 0.547. The van der Waals surface area contributed by atoms with E-state index in [1.165, 1.54) is 86.4 Å². The Morgan fingerprint density at radius 1 is 0.619 bits per heavy atom. The fraction of sp³-hybridized carbons (Fsp3) is 0.385. The number of fused-ring (bicyclic) bond motifs is 1. The second kappa shape index (κ2) is 21.2. The minimum atomic E-state index is -0.0208. The van der Waals surface area contributed by atoms with Crippen LogP contribution in [0.4, 0.5) is 15.7 Å². The third kappa shape index (κ3) is 11.6. The SMILES string of the molecule is CCC(=Nc1c(N(C)Cc2ccc(C)c(C)c2)sc(C)c1C)OO.Cc1ccc(CN(C)c2sc(C)c(C)c2C)cc1C.Cc1ccc(Cn2c(=O)[nH]c3c(C)c(C)sc32)cc1C. The van der Waals surface area contributed by atoms with Gasteiger partial charge in [-0.2, -0.15) is 0 Å². The van der Waals surface area contributed by atoms with Crippen molar-refractivity contribution in [3.8, 4) is 0 Å². The lowest BCUT2D eigenvalue weighted by Crippen LogP contribution is -2.17. The number of aromatic amines is 1. The third-order valence-electron chi connectivity index (χ3n) is 12.3. The van der Waals surface area contributed by atoms with Crippen molar-refractivity contribution in [1.82, 2.24) is 9.55 Å². The van der Waals surface area contributed by atoms with E-state index in [0.29, 0.717) is 18.9 Å². The maximum absolute atomic E-state index is 12.1. The molecule has 0 atom stereocenters. The van der Waals surface area contributed by atoms with Crippen LogP contribution in [0.15, 0.2) is 64.4 Å². The lowest BCUT2D eigenvalue weighted by molar-refractivity contribution is -0.156. The van der Waals surface area contributed by atoms with Crippen LogP contribution in [0.2, 0.25) is 0 Å². The average Bonchev–Trinajstić information content (AvgIpc) is 3.90. The van der Waals surface area contributed by atoms with Gasteiger partial charge in [-0.3, -0.25) is 4.57 Å². The average molecular weight is 906 g/mol. The molecule has 4 heterocycles. The maximum atomic E-state index is 12.1. The van der Waals surface area contributed by atoms with Crippen molar-refractivity contribution in [2.75, 3.05) is 23.9 Å². The van der Waals surface area contributed by atoms with Crippen LogP contribution in [0.1, 0.15) is 100 Å². The summed E-state index contributed by atoms with van der Waals surface area (Å²) in [6.45, 7) is 32.1. The number of nitrogens with one attached hydrogen (secondary N) is 1.